The van der Waals surface area contributed by atoms with Crippen LogP contribution in [-0.2, 0) is 11.2 Å². The van der Waals surface area contributed by atoms with Gasteiger partial charge in [0.25, 0.3) is 0 Å². The van der Waals surface area contributed by atoms with Gasteiger partial charge in [0.2, 0.25) is 0 Å². The van der Waals surface area contributed by atoms with Crippen LogP contribution in [0.4, 0.5) is 11.4 Å². The molecule has 2 aliphatic heterocycles. The van der Waals surface area contributed by atoms with E-state index in [2.05, 4.69) is 40.2 Å². The minimum absolute atomic E-state index is 0.434. The van der Waals surface area contributed by atoms with Crippen LogP contribution in [0.1, 0.15) is 5.56 Å². The second kappa shape index (κ2) is 6.61. The van der Waals surface area contributed by atoms with Gasteiger partial charge in [0, 0.05) is 44.5 Å². The Kier molecular flexibility index (Phi) is 4.15. The second-order valence-electron chi connectivity index (χ2n) is 6.39. The Bertz CT molecular complexity index is 796. The smallest absolute Gasteiger partial charge is 0.333 e. The van der Waals surface area contributed by atoms with Crippen molar-refractivity contribution in [1.82, 2.24) is 5.01 Å². The molecule has 2 aromatic rings. The zero-order valence-electron chi connectivity index (χ0n) is 14.0. The number of anilines is 2. The van der Waals surface area contributed by atoms with Crippen LogP contribution in [0.25, 0.3) is 0 Å². The average molecular weight is 335 g/mol. The number of rotatable bonds is 3. The van der Waals surface area contributed by atoms with Crippen LogP contribution in [-0.4, -0.2) is 42.3 Å². The van der Waals surface area contributed by atoms with E-state index in [0.29, 0.717) is 12.0 Å². The highest BCUT2D eigenvalue weighted by Crippen LogP contribution is 2.31. The standard InChI is InChI=1S/C20H21N3O2/c24-20(25)17-14-16-6-4-5-9-19(16)23(15-17)22-12-10-21(11-13-22)18-7-2-1-3-8-18/h1-9,15H,10-14H2,(H,24,25). The van der Waals surface area contributed by atoms with Crippen molar-refractivity contribution >= 4 is 17.3 Å². The summed E-state index contributed by atoms with van der Waals surface area (Å²) in [7, 11) is 0. The van der Waals surface area contributed by atoms with Crippen LogP contribution in [0.3, 0.4) is 0 Å². The van der Waals surface area contributed by atoms with Crippen LogP contribution >= 0.6 is 0 Å². The third-order valence-electron chi connectivity index (χ3n) is 4.85. The molecule has 2 heterocycles. The van der Waals surface area contributed by atoms with Gasteiger partial charge in [-0.1, -0.05) is 36.4 Å². The van der Waals surface area contributed by atoms with Gasteiger partial charge in [0.15, 0.2) is 0 Å². The Morgan fingerprint density at radius 1 is 0.880 bits per heavy atom. The number of carbonyl (C=O) groups is 1. The fourth-order valence-corrected chi connectivity index (χ4v) is 3.53. The summed E-state index contributed by atoms with van der Waals surface area (Å²) in [5.41, 5.74) is 3.82. The highest BCUT2D eigenvalue weighted by molar-refractivity contribution is 5.89. The number of benzene rings is 2. The summed E-state index contributed by atoms with van der Waals surface area (Å²) in [5.74, 6) is -0.845. The van der Waals surface area contributed by atoms with E-state index < -0.39 is 5.97 Å². The summed E-state index contributed by atoms with van der Waals surface area (Å²) in [6, 6.07) is 18.5. The normalized spacial score (nSPS) is 17.8. The third kappa shape index (κ3) is 3.10. The van der Waals surface area contributed by atoms with Crippen LogP contribution in [0.15, 0.2) is 66.4 Å². The lowest BCUT2D eigenvalue weighted by atomic mass is 10.0. The van der Waals surface area contributed by atoms with Crippen molar-refractivity contribution in [1.29, 1.82) is 0 Å². The first-order valence-corrected chi connectivity index (χ1v) is 8.58. The summed E-state index contributed by atoms with van der Waals surface area (Å²) >= 11 is 0. The molecule has 0 amide bonds. The van der Waals surface area contributed by atoms with Gasteiger partial charge >= 0.3 is 5.97 Å². The Labute approximate surface area is 147 Å². The van der Waals surface area contributed by atoms with Crippen LogP contribution in [0.5, 0.6) is 0 Å². The van der Waals surface area contributed by atoms with E-state index in [1.165, 1.54) is 5.69 Å². The first-order valence-electron chi connectivity index (χ1n) is 8.58. The minimum Gasteiger partial charge on any atom is -0.478 e. The third-order valence-corrected chi connectivity index (χ3v) is 4.85. The minimum atomic E-state index is -0.845. The van der Waals surface area contributed by atoms with Gasteiger partial charge in [0.1, 0.15) is 0 Å². The number of piperazine rings is 1. The van der Waals surface area contributed by atoms with Gasteiger partial charge in [-0.05, 0) is 23.8 Å². The Balaban J connectivity index is 1.55. The van der Waals surface area contributed by atoms with Crippen molar-refractivity contribution in [3.8, 4) is 0 Å². The number of carboxylic acid groups (broad SMARTS) is 1. The van der Waals surface area contributed by atoms with Crippen molar-refractivity contribution in [3.05, 3.63) is 71.9 Å². The molecular formula is C20H21N3O2. The van der Waals surface area contributed by atoms with E-state index >= 15 is 0 Å². The zero-order valence-corrected chi connectivity index (χ0v) is 14.0. The lowest BCUT2D eigenvalue weighted by Gasteiger charge is -2.43. The molecule has 0 spiro atoms. The highest BCUT2D eigenvalue weighted by Gasteiger charge is 2.27. The van der Waals surface area contributed by atoms with Crippen molar-refractivity contribution in [2.45, 2.75) is 6.42 Å². The summed E-state index contributed by atoms with van der Waals surface area (Å²) in [4.78, 5) is 13.9. The van der Waals surface area contributed by atoms with Crippen molar-refractivity contribution in [3.63, 3.8) is 0 Å². The molecule has 0 unspecified atom stereocenters. The van der Waals surface area contributed by atoms with E-state index in [0.717, 1.165) is 37.4 Å². The highest BCUT2D eigenvalue weighted by atomic mass is 16.4. The SMILES string of the molecule is O=C(O)C1=CN(N2CCN(c3ccccc3)CC2)c2ccccc2C1. The van der Waals surface area contributed by atoms with Gasteiger partial charge in [0.05, 0.1) is 11.3 Å². The number of nitrogens with zero attached hydrogens (tertiary/aromatic N) is 3. The molecule has 2 aromatic carbocycles. The molecule has 1 saturated heterocycles. The molecule has 5 nitrogen and oxygen atoms in total. The van der Waals surface area contributed by atoms with Gasteiger partial charge in [-0.15, -0.1) is 0 Å². The van der Waals surface area contributed by atoms with Crippen LogP contribution in [0, 0.1) is 0 Å². The van der Waals surface area contributed by atoms with E-state index in [4.69, 9.17) is 0 Å². The Hall–Kier alpha value is -2.79. The van der Waals surface area contributed by atoms with E-state index in [1.54, 1.807) is 6.20 Å². The molecule has 0 atom stereocenters. The molecular weight excluding hydrogens is 314 g/mol. The molecule has 0 radical (unpaired) electrons. The van der Waals surface area contributed by atoms with E-state index in [-0.39, 0.29) is 0 Å². The summed E-state index contributed by atoms with van der Waals surface area (Å²) in [6.07, 6.45) is 2.26. The summed E-state index contributed by atoms with van der Waals surface area (Å²) in [6.45, 7) is 3.54. The largest absolute Gasteiger partial charge is 0.478 e. The molecule has 0 aromatic heterocycles. The fourth-order valence-electron chi connectivity index (χ4n) is 3.53. The number of aliphatic carboxylic acids is 1. The molecule has 0 saturated carbocycles. The number of carboxylic acids is 1. The first kappa shape index (κ1) is 15.7. The quantitative estimate of drug-likeness (QED) is 0.935. The number of hydrogen-bond acceptors (Lipinski definition) is 4. The van der Waals surface area contributed by atoms with E-state index in [1.807, 2.05) is 29.3 Å². The molecule has 1 fully saturated rings. The second-order valence-corrected chi connectivity index (χ2v) is 6.39. The summed E-state index contributed by atoms with van der Waals surface area (Å²) < 4.78 is 0. The van der Waals surface area contributed by atoms with Gasteiger partial charge < -0.3 is 10.0 Å². The number of fused-ring (bicyclic) bond motifs is 1. The Morgan fingerprint density at radius 3 is 2.28 bits per heavy atom. The molecule has 5 heteroatoms. The summed E-state index contributed by atoms with van der Waals surface area (Å²) in [5, 5.41) is 13.7. The molecule has 0 bridgehead atoms. The first-order chi connectivity index (χ1) is 12.2. The molecule has 2 aliphatic rings. The number of para-hydroxylation sites is 2. The van der Waals surface area contributed by atoms with Crippen molar-refractivity contribution in [2.75, 3.05) is 36.1 Å². The van der Waals surface area contributed by atoms with E-state index in [9.17, 15) is 9.90 Å². The van der Waals surface area contributed by atoms with Gasteiger partial charge in [-0.2, -0.15) is 0 Å². The molecule has 25 heavy (non-hydrogen) atoms. The van der Waals surface area contributed by atoms with Crippen LogP contribution < -0.4 is 9.91 Å². The number of hydrazine groups is 1. The maximum Gasteiger partial charge on any atom is 0.333 e. The molecule has 0 aliphatic carbocycles. The topological polar surface area (TPSA) is 47.0 Å². The molecule has 1 N–H and O–H groups in total. The maximum absolute atomic E-state index is 11.5. The average Bonchev–Trinajstić information content (AvgIpc) is 2.68. The van der Waals surface area contributed by atoms with Crippen LogP contribution in [0.2, 0.25) is 0 Å². The monoisotopic (exact) mass is 335 g/mol. The molecule has 128 valence electrons. The maximum atomic E-state index is 11.5. The lowest BCUT2D eigenvalue weighted by molar-refractivity contribution is -0.132. The van der Waals surface area contributed by atoms with Gasteiger partial charge in [-0.3, -0.25) is 5.01 Å². The number of hydrogen-bond donors (Lipinski definition) is 1. The molecule has 4 rings (SSSR count). The predicted octanol–water partition coefficient (Wildman–Crippen LogP) is 2.75. The van der Waals surface area contributed by atoms with Crippen molar-refractivity contribution < 1.29 is 9.90 Å². The van der Waals surface area contributed by atoms with Crippen molar-refractivity contribution in [2.24, 2.45) is 0 Å². The lowest BCUT2D eigenvalue weighted by Crippen LogP contribution is -2.53. The Morgan fingerprint density at radius 2 is 1.56 bits per heavy atom. The van der Waals surface area contributed by atoms with Gasteiger partial charge in [-0.25, -0.2) is 9.80 Å². The predicted molar refractivity (Wildman–Crippen MR) is 98.6 cm³/mol. The fraction of sp³-hybridized carbons (Fsp3) is 0.250. The zero-order chi connectivity index (χ0) is 17.2.